The van der Waals surface area contributed by atoms with E-state index in [-0.39, 0.29) is 11.6 Å². The summed E-state index contributed by atoms with van der Waals surface area (Å²) < 4.78 is 8.20. The van der Waals surface area contributed by atoms with Gasteiger partial charge in [0.15, 0.2) is 0 Å². The lowest BCUT2D eigenvalue weighted by Gasteiger charge is -2.44. The summed E-state index contributed by atoms with van der Waals surface area (Å²) >= 11 is 0. The quantitative estimate of drug-likeness (QED) is 0.892. The van der Waals surface area contributed by atoms with Crippen LogP contribution in [0.4, 0.5) is 0 Å². The molecule has 2 unspecified atom stereocenters. The van der Waals surface area contributed by atoms with Crippen LogP contribution in [0.2, 0.25) is 0 Å². The van der Waals surface area contributed by atoms with Crippen LogP contribution in [0.1, 0.15) is 56.8 Å². The molecule has 0 aromatic carbocycles. The van der Waals surface area contributed by atoms with E-state index in [1.807, 2.05) is 24.0 Å². The monoisotopic (exact) mass is 263 g/mol. The lowest BCUT2D eigenvalue weighted by Crippen LogP contribution is -2.44. The number of hydrogen-bond donors (Lipinski definition) is 1. The third-order valence-corrected chi connectivity index (χ3v) is 4.96. The van der Waals surface area contributed by atoms with Crippen LogP contribution in [0.15, 0.2) is 12.4 Å². The summed E-state index contributed by atoms with van der Waals surface area (Å²) in [6.45, 7) is 0.864. The molecule has 1 aromatic rings. The van der Waals surface area contributed by atoms with E-state index >= 15 is 0 Å². The van der Waals surface area contributed by atoms with Crippen molar-refractivity contribution in [2.75, 3.05) is 6.61 Å². The van der Waals surface area contributed by atoms with Gasteiger partial charge in [-0.2, -0.15) is 0 Å². The van der Waals surface area contributed by atoms with Crippen LogP contribution >= 0.6 is 0 Å². The Morgan fingerprint density at radius 1 is 1.42 bits per heavy atom. The van der Waals surface area contributed by atoms with Gasteiger partial charge in [-0.05, 0) is 31.6 Å². The molecule has 1 spiro atoms. The smallest absolute Gasteiger partial charge is 0.125 e. The summed E-state index contributed by atoms with van der Waals surface area (Å²) in [6, 6.07) is 0.0442. The van der Waals surface area contributed by atoms with Gasteiger partial charge in [0.25, 0.3) is 0 Å². The number of nitrogens with zero attached hydrogens (tertiary/aromatic N) is 2. The third-order valence-electron chi connectivity index (χ3n) is 4.96. The fourth-order valence-electron chi connectivity index (χ4n) is 3.83. The van der Waals surface area contributed by atoms with Gasteiger partial charge < -0.3 is 15.0 Å². The van der Waals surface area contributed by atoms with Crippen molar-refractivity contribution in [2.24, 2.45) is 18.7 Å². The van der Waals surface area contributed by atoms with Crippen LogP contribution in [0.5, 0.6) is 0 Å². The largest absolute Gasteiger partial charge is 0.375 e. The van der Waals surface area contributed by atoms with Gasteiger partial charge in [0.1, 0.15) is 5.82 Å². The summed E-state index contributed by atoms with van der Waals surface area (Å²) in [5, 5.41) is 0. The number of imidazole rings is 1. The van der Waals surface area contributed by atoms with Crippen molar-refractivity contribution in [3.63, 3.8) is 0 Å². The standard InChI is InChI=1S/C15H25N3O/c1-18-9-8-17-14(18)13(16)12-5-10-19-15(11-12)6-3-2-4-7-15/h8-9,12-13H,2-7,10-11,16H2,1H3. The molecular weight excluding hydrogens is 238 g/mol. The molecule has 1 aromatic heterocycles. The molecule has 1 saturated heterocycles. The molecular formula is C15H25N3O. The zero-order chi connectivity index (χ0) is 13.3. The fourth-order valence-corrected chi connectivity index (χ4v) is 3.83. The van der Waals surface area contributed by atoms with Gasteiger partial charge in [-0.25, -0.2) is 4.98 Å². The van der Waals surface area contributed by atoms with E-state index in [0.29, 0.717) is 5.92 Å². The van der Waals surface area contributed by atoms with Crippen LogP contribution in [-0.2, 0) is 11.8 Å². The van der Waals surface area contributed by atoms with E-state index in [1.165, 1.54) is 32.1 Å². The lowest BCUT2D eigenvalue weighted by atomic mass is 9.74. The van der Waals surface area contributed by atoms with Crippen LogP contribution in [-0.4, -0.2) is 21.8 Å². The minimum atomic E-state index is 0.0442. The van der Waals surface area contributed by atoms with Crippen molar-refractivity contribution in [2.45, 2.75) is 56.6 Å². The van der Waals surface area contributed by atoms with Gasteiger partial charge in [-0.1, -0.05) is 19.3 Å². The van der Waals surface area contributed by atoms with Crippen molar-refractivity contribution in [1.82, 2.24) is 9.55 Å². The Hall–Kier alpha value is -0.870. The van der Waals surface area contributed by atoms with Gasteiger partial charge in [0, 0.05) is 26.0 Å². The predicted molar refractivity (Wildman–Crippen MR) is 74.6 cm³/mol. The normalized spacial score (nSPS) is 28.4. The van der Waals surface area contributed by atoms with Crippen LogP contribution in [0.25, 0.3) is 0 Å². The summed E-state index contributed by atoms with van der Waals surface area (Å²) in [7, 11) is 2.03. The minimum Gasteiger partial charge on any atom is -0.375 e. The van der Waals surface area contributed by atoms with E-state index in [1.54, 1.807) is 0 Å². The maximum absolute atomic E-state index is 6.47. The van der Waals surface area contributed by atoms with Gasteiger partial charge in [0.05, 0.1) is 11.6 Å². The second-order valence-corrected chi connectivity index (χ2v) is 6.27. The first-order chi connectivity index (χ1) is 9.20. The van der Waals surface area contributed by atoms with Crippen molar-refractivity contribution in [3.8, 4) is 0 Å². The van der Waals surface area contributed by atoms with E-state index < -0.39 is 0 Å². The molecule has 2 heterocycles. The maximum Gasteiger partial charge on any atom is 0.125 e. The molecule has 1 aliphatic heterocycles. The van der Waals surface area contributed by atoms with Gasteiger partial charge >= 0.3 is 0 Å². The summed E-state index contributed by atoms with van der Waals surface area (Å²) in [5.41, 5.74) is 6.60. The Morgan fingerprint density at radius 3 is 2.89 bits per heavy atom. The molecule has 0 amide bonds. The Morgan fingerprint density at radius 2 is 2.21 bits per heavy atom. The van der Waals surface area contributed by atoms with Gasteiger partial charge in [0.2, 0.25) is 0 Å². The van der Waals surface area contributed by atoms with Gasteiger partial charge in [-0.3, -0.25) is 0 Å². The highest BCUT2D eigenvalue weighted by atomic mass is 16.5. The summed E-state index contributed by atoms with van der Waals surface area (Å²) in [6.07, 6.45) is 12.4. The zero-order valence-electron chi connectivity index (χ0n) is 11.8. The molecule has 3 rings (SSSR count). The lowest BCUT2D eigenvalue weighted by molar-refractivity contribution is -0.121. The molecule has 19 heavy (non-hydrogen) atoms. The Kier molecular flexibility index (Phi) is 3.63. The first-order valence-electron chi connectivity index (χ1n) is 7.57. The van der Waals surface area contributed by atoms with Crippen molar-refractivity contribution in [3.05, 3.63) is 18.2 Å². The number of hydrogen-bond acceptors (Lipinski definition) is 3. The first kappa shape index (κ1) is 13.1. The van der Waals surface area contributed by atoms with E-state index in [4.69, 9.17) is 10.5 Å². The highest BCUT2D eigenvalue weighted by molar-refractivity contribution is 5.02. The Bertz CT molecular complexity index is 417. The highest BCUT2D eigenvalue weighted by Crippen LogP contribution is 2.43. The number of rotatable bonds is 2. The number of aromatic nitrogens is 2. The number of ether oxygens (including phenoxy) is 1. The van der Waals surface area contributed by atoms with Crippen molar-refractivity contribution < 1.29 is 4.74 Å². The first-order valence-corrected chi connectivity index (χ1v) is 7.57. The SMILES string of the molecule is Cn1ccnc1C(N)C1CCOC2(CCCCC2)C1. The summed E-state index contributed by atoms with van der Waals surface area (Å²) in [4.78, 5) is 4.42. The Balaban J connectivity index is 1.72. The molecule has 4 heteroatoms. The van der Waals surface area contributed by atoms with E-state index in [2.05, 4.69) is 4.98 Å². The molecule has 1 saturated carbocycles. The summed E-state index contributed by atoms with van der Waals surface area (Å²) in [5.74, 6) is 1.52. The van der Waals surface area contributed by atoms with Crippen molar-refractivity contribution >= 4 is 0 Å². The zero-order valence-corrected chi connectivity index (χ0v) is 11.8. The molecule has 106 valence electrons. The minimum absolute atomic E-state index is 0.0442. The van der Waals surface area contributed by atoms with Crippen molar-refractivity contribution in [1.29, 1.82) is 0 Å². The third kappa shape index (κ3) is 2.56. The molecule has 2 aliphatic rings. The van der Waals surface area contributed by atoms with Crippen LogP contribution in [0, 0.1) is 5.92 Å². The molecule has 4 nitrogen and oxygen atoms in total. The molecule has 2 atom stereocenters. The topological polar surface area (TPSA) is 53.1 Å². The second kappa shape index (κ2) is 5.25. The molecule has 0 bridgehead atoms. The van der Waals surface area contributed by atoms with Gasteiger partial charge in [-0.15, -0.1) is 0 Å². The molecule has 0 radical (unpaired) electrons. The number of aryl methyl sites for hydroxylation is 1. The number of nitrogens with two attached hydrogens (primary N) is 1. The predicted octanol–water partition coefficient (Wildman–Crippen LogP) is 2.55. The Labute approximate surface area is 115 Å². The molecule has 1 aliphatic carbocycles. The highest BCUT2D eigenvalue weighted by Gasteiger charge is 2.40. The average molecular weight is 263 g/mol. The molecule has 2 fully saturated rings. The fraction of sp³-hybridized carbons (Fsp3) is 0.800. The van der Waals surface area contributed by atoms with Crippen LogP contribution in [0.3, 0.4) is 0 Å². The molecule has 2 N–H and O–H groups in total. The average Bonchev–Trinajstić information content (AvgIpc) is 2.85. The van der Waals surface area contributed by atoms with E-state index in [0.717, 1.165) is 25.3 Å². The second-order valence-electron chi connectivity index (χ2n) is 6.27. The maximum atomic E-state index is 6.47. The van der Waals surface area contributed by atoms with E-state index in [9.17, 15) is 0 Å². The van der Waals surface area contributed by atoms with Crippen LogP contribution < -0.4 is 5.73 Å².